The van der Waals surface area contributed by atoms with Crippen LogP contribution in [-0.2, 0) is 9.59 Å². The third kappa shape index (κ3) is 3.26. The predicted octanol–water partition coefficient (Wildman–Crippen LogP) is 2.88. The highest BCUT2D eigenvalue weighted by molar-refractivity contribution is 8.15. The van der Waals surface area contributed by atoms with Gasteiger partial charge in [0.1, 0.15) is 5.25 Å². The van der Waals surface area contributed by atoms with Crippen LogP contribution in [0.2, 0.25) is 0 Å². The van der Waals surface area contributed by atoms with Gasteiger partial charge in [0.25, 0.3) is 5.91 Å². The largest absolute Gasteiger partial charge is 0.481 e. The first-order valence-electron chi connectivity index (χ1n) is 7.27. The summed E-state index contributed by atoms with van der Waals surface area (Å²) in [7, 11) is 0. The number of amides is 1. The van der Waals surface area contributed by atoms with Crippen LogP contribution in [0.25, 0.3) is 0 Å². The van der Waals surface area contributed by atoms with E-state index in [1.807, 2.05) is 48.5 Å². The van der Waals surface area contributed by atoms with E-state index in [0.717, 1.165) is 17.4 Å². The van der Waals surface area contributed by atoms with E-state index in [1.54, 1.807) is 11.0 Å². The minimum absolute atomic E-state index is 0.261. The molecule has 3 N–H and O–H groups in total. The van der Waals surface area contributed by atoms with Gasteiger partial charge in [-0.15, -0.1) is 0 Å². The maximum Gasteiger partial charge on any atom is 0.305 e. The molecule has 0 aliphatic carbocycles. The van der Waals surface area contributed by atoms with Crippen molar-refractivity contribution in [2.24, 2.45) is 4.99 Å². The highest BCUT2D eigenvalue weighted by atomic mass is 32.2. The maximum atomic E-state index is 12.0. The van der Waals surface area contributed by atoms with Crippen molar-refractivity contribution in [2.45, 2.75) is 11.7 Å². The molecule has 3 rings (SSSR count). The summed E-state index contributed by atoms with van der Waals surface area (Å²) in [6.45, 7) is 0. The number of aliphatic imine (C=N–C) groups is 1. The number of carboxylic acids is 1. The molecule has 0 fully saturated rings. The summed E-state index contributed by atoms with van der Waals surface area (Å²) in [6, 6.07) is 16.7. The van der Waals surface area contributed by atoms with Gasteiger partial charge in [-0.2, -0.15) is 4.99 Å². The summed E-state index contributed by atoms with van der Waals surface area (Å²) < 4.78 is 0. The lowest BCUT2D eigenvalue weighted by molar-refractivity contribution is -0.138. The molecule has 6 nitrogen and oxygen atoms in total. The molecule has 0 spiro atoms. The van der Waals surface area contributed by atoms with Crippen LogP contribution in [0.5, 0.6) is 0 Å². The van der Waals surface area contributed by atoms with Gasteiger partial charge in [0.15, 0.2) is 5.17 Å². The molecule has 0 saturated carbocycles. The van der Waals surface area contributed by atoms with Gasteiger partial charge in [-0.05, 0) is 24.3 Å². The second-order valence-electron chi connectivity index (χ2n) is 5.17. The number of benzene rings is 2. The summed E-state index contributed by atoms with van der Waals surface area (Å²) in [4.78, 5) is 28.8. The van der Waals surface area contributed by atoms with E-state index in [9.17, 15) is 9.59 Å². The molecule has 2 aromatic rings. The number of nitrogen functional groups attached to an aromatic ring is 1. The summed E-state index contributed by atoms with van der Waals surface area (Å²) >= 11 is 1.14. The Morgan fingerprint density at radius 3 is 2.50 bits per heavy atom. The predicted molar refractivity (Wildman–Crippen MR) is 95.5 cm³/mol. The van der Waals surface area contributed by atoms with Crippen LogP contribution in [-0.4, -0.2) is 27.4 Å². The quantitative estimate of drug-likeness (QED) is 0.830. The monoisotopic (exact) mass is 341 g/mol. The number of nitrogens with two attached hydrogens (primary N) is 1. The Morgan fingerprint density at radius 1 is 1.17 bits per heavy atom. The lowest BCUT2D eigenvalue weighted by Crippen LogP contribution is -2.23. The number of para-hydroxylation sites is 3. The molecule has 1 aliphatic heterocycles. The first-order chi connectivity index (χ1) is 11.6. The Balaban J connectivity index is 2.01. The highest BCUT2D eigenvalue weighted by Gasteiger charge is 2.34. The third-order valence-electron chi connectivity index (χ3n) is 3.47. The minimum Gasteiger partial charge on any atom is -0.481 e. The summed E-state index contributed by atoms with van der Waals surface area (Å²) in [5.74, 6) is -1.46. The normalized spacial score (nSPS) is 16.8. The van der Waals surface area contributed by atoms with Gasteiger partial charge in [0, 0.05) is 5.69 Å². The van der Waals surface area contributed by atoms with Gasteiger partial charge in [0.05, 0.1) is 17.8 Å². The number of nitrogens with zero attached hydrogens (tertiary/aromatic N) is 2. The molecule has 1 heterocycles. The van der Waals surface area contributed by atoms with E-state index in [4.69, 9.17) is 10.8 Å². The van der Waals surface area contributed by atoms with Gasteiger partial charge < -0.3 is 10.8 Å². The van der Waals surface area contributed by atoms with E-state index < -0.39 is 17.1 Å². The van der Waals surface area contributed by atoms with Crippen LogP contribution in [0.1, 0.15) is 6.42 Å². The van der Waals surface area contributed by atoms with E-state index >= 15 is 0 Å². The average Bonchev–Trinajstić information content (AvgIpc) is 2.90. The van der Waals surface area contributed by atoms with Crippen LogP contribution < -0.4 is 10.6 Å². The number of thioether (sulfide) groups is 1. The lowest BCUT2D eigenvalue weighted by Gasteiger charge is -2.25. The van der Waals surface area contributed by atoms with Crippen LogP contribution >= 0.6 is 11.8 Å². The van der Waals surface area contributed by atoms with Crippen molar-refractivity contribution in [3.63, 3.8) is 0 Å². The molecule has 1 aliphatic rings. The van der Waals surface area contributed by atoms with E-state index in [1.165, 1.54) is 0 Å². The topological polar surface area (TPSA) is 96.0 Å². The molecule has 0 aromatic heterocycles. The van der Waals surface area contributed by atoms with Crippen molar-refractivity contribution >= 4 is 45.9 Å². The van der Waals surface area contributed by atoms with Gasteiger partial charge >= 0.3 is 5.97 Å². The number of anilines is 3. The molecule has 0 bridgehead atoms. The molecule has 0 radical (unpaired) electrons. The second kappa shape index (κ2) is 6.76. The van der Waals surface area contributed by atoms with Crippen molar-refractivity contribution in [2.75, 3.05) is 10.6 Å². The number of aliphatic carboxylic acids is 1. The van der Waals surface area contributed by atoms with E-state index in [0.29, 0.717) is 16.5 Å². The fourth-order valence-corrected chi connectivity index (χ4v) is 3.47. The fourth-order valence-electron chi connectivity index (χ4n) is 2.38. The molecule has 2 aromatic carbocycles. The second-order valence-corrected chi connectivity index (χ2v) is 6.34. The smallest absolute Gasteiger partial charge is 0.305 e. The standard InChI is InChI=1S/C17H15N3O3S/c18-12-8-4-5-9-13(12)20(11-6-2-1-3-7-11)17-19-16(23)14(24-17)10-15(21)22/h1-9,14H,10,18H2,(H,21,22). The van der Waals surface area contributed by atoms with Crippen LogP contribution in [0.4, 0.5) is 17.1 Å². The third-order valence-corrected chi connectivity index (χ3v) is 4.61. The number of carbonyl (C=O) groups excluding carboxylic acids is 1. The molecular formula is C17H15N3O3S. The zero-order valence-electron chi connectivity index (χ0n) is 12.6. The Kier molecular flexibility index (Phi) is 4.52. The van der Waals surface area contributed by atoms with Crippen molar-refractivity contribution in [3.05, 3.63) is 54.6 Å². The maximum absolute atomic E-state index is 12.0. The van der Waals surface area contributed by atoms with Crippen LogP contribution in [0, 0.1) is 0 Å². The lowest BCUT2D eigenvalue weighted by atomic mass is 10.2. The number of hydrogen-bond acceptors (Lipinski definition) is 5. The van der Waals surface area contributed by atoms with Crippen LogP contribution in [0.15, 0.2) is 59.6 Å². The summed E-state index contributed by atoms with van der Waals surface area (Å²) in [5, 5.41) is 8.66. The fraction of sp³-hybridized carbons (Fsp3) is 0.118. The zero-order chi connectivity index (χ0) is 17.1. The Labute approximate surface area is 143 Å². The number of amidine groups is 1. The van der Waals surface area contributed by atoms with Gasteiger partial charge in [-0.1, -0.05) is 42.1 Å². The molecular weight excluding hydrogens is 326 g/mol. The number of carboxylic acid groups (broad SMARTS) is 1. The Hall–Kier alpha value is -2.80. The van der Waals surface area contributed by atoms with Crippen molar-refractivity contribution in [1.29, 1.82) is 0 Å². The van der Waals surface area contributed by atoms with E-state index in [2.05, 4.69) is 4.99 Å². The zero-order valence-corrected chi connectivity index (χ0v) is 13.4. The van der Waals surface area contributed by atoms with Gasteiger partial charge in [0.2, 0.25) is 0 Å². The van der Waals surface area contributed by atoms with Crippen molar-refractivity contribution < 1.29 is 14.7 Å². The molecule has 0 saturated heterocycles. The van der Waals surface area contributed by atoms with Gasteiger partial charge in [-0.3, -0.25) is 14.5 Å². The number of carbonyl (C=O) groups is 2. The Morgan fingerprint density at radius 2 is 1.83 bits per heavy atom. The minimum atomic E-state index is -1.03. The molecule has 1 atom stereocenters. The molecule has 24 heavy (non-hydrogen) atoms. The SMILES string of the molecule is Nc1ccccc1N(C1=NC(=O)C(CC(=O)O)S1)c1ccccc1. The summed E-state index contributed by atoms with van der Waals surface area (Å²) in [6.07, 6.45) is -0.261. The van der Waals surface area contributed by atoms with Crippen molar-refractivity contribution in [3.8, 4) is 0 Å². The van der Waals surface area contributed by atoms with Crippen molar-refractivity contribution in [1.82, 2.24) is 0 Å². The average molecular weight is 341 g/mol. The van der Waals surface area contributed by atoms with Gasteiger partial charge in [-0.25, -0.2) is 0 Å². The Bertz CT molecular complexity index is 808. The number of hydrogen-bond donors (Lipinski definition) is 2. The van der Waals surface area contributed by atoms with E-state index in [-0.39, 0.29) is 6.42 Å². The molecule has 1 unspecified atom stereocenters. The number of rotatable bonds is 4. The molecule has 122 valence electrons. The molecule has 7 heteroatoms. The first-order valence-corrected chi connectivity index (χ1v) is 8.15. The highest BCUT2D eigenvalue weighted by Crippen LogP contribution is 2.37. The van der Waals surface area contributed by atoms with Crippen LogP contribution in [0.3, 0.4) is 0 Å². The molecule has 1 amide bonds. The summed E-state index contributed by atoms with van der Waals surface area (Å²) in [5.41, 5.74) is 8.12. The first kappa shape index (κ1) is 16.1.